The molecule has 3 nitrogen and oxygen atoms in total. The van der Waals surface area contributed by atoms with E-state index in [9.17, 15) is 4.79 Å². The quantitative estimate of drug-likeness (QED) is 0.783. The van der Waals surface area contributed by atoms with Crippen molar-refractivity contribution in [1.29, 1.82) is 5.26 Å². The average Bonchev–Trinajstić information content (AvgIpc) is 2.35. The Labute approximate surface area is 112 Å². The zero-order valence-corrected chi connectivity index (χ0v) is 10.9. The second-order valence-corrected chi connectivity index (χ2v) is 4.84. The van der Waals surface area contributed by atoms with Gasteiger partial charge in [-0.3, -0.25) is 4.79 Å². The maximum Gasteiger partial charge on any atom is 0.254 e. The summed E-state index contributed by atoms with van der Waals surface area (Å²) in [5, 5.41) is 8.73. The first-order valence-electron chi connectivity index (χ1n) is 6.13. The molecule has 1 fully saturated rings. The zero-order valence-electron chi connectivity index (χ0n) is 10.1. The smallest absolute Gasteiger partial charge is 0.254 e. The van der Waals surface area contributed by atoms with Crippen molar-refractivity contribution in [3.05, 3.63) is 35.4 Å². The van der Waals surface area contributed by atoms with Crippen LogP contribution in [0.4, 0.5) is 0 Å². The summed E-state index contributed by atoms with van der Waals surface area (Å²) in [5.74, 6) is 0.475. The van der Waals surface area contributed by atoms with E-state index in [1.165, 1.54) is 6.42 Å². The molecule has 0 aliphatic heterocycles. The van der Waals surface area contributed by atoms with Crippen molar-refractivity contribution < 1.29 is 4.79 Å². The van der Waals surface area contributed by atoms with Gasteiger partial charge in [-0.25, -0.2) is 0 Å². The van der Waals surface area contributed by atoms with Crippen molar-refractivity contribution in [2.45, 2.75) is 25.3 Å². The Morgan fingerprint density at radius 2 is 2.06 bits per heavy atom. The van der Waals surface area contributed by atoms with E-state index in [2.05, 4.69) is 0 Å². The van der Waals surface area contributed by atoms with Crippen LogP contribution < -0.4 is 0 Å². The molecular weight excluding hydrogens is 248 g/mol. The second-order valence-electron chi connectivity index (χ2n) is 4.46. The van der Waals surface area contributed by atoms with E-state index in [1.807, 2.05) is 11.0 Å². The Bertz CT molecular complexity index is 460. The number of nitriles is 1. The van der Waals surface area contributed by atoms with Gasteiger partial charge in [0.05, 0.1) is 11.6 Å². The Kier molecular flexibility index (Phi) is 4.22. The van der Waals surface area contributed by atoms with Crippen LogP contribution in [0, 0.1) is 11.3 Å². The monoisotopic (exact) mass is 262 g/mol. The first-order valence-corrected chi connectivity index (χ1v) is 6.67. The van der Waals surface area contributed by atoms with Gasteiger partial charge in [0.2, 0.25) is 0 Å². The first-order chi connectivity index (χ1) is 8.76. The van der Waals surface area contributed by atoms with Gasteiger partial charge in [-0.15, -0.1) is 11.6 Å². The Morgan fingerprint density at radius 3 is 2.50 bits per heavy atom. The maximum atomic E-state index is 12.4. The lowest BCUT2D eigenvalue weighted by molar-refractivity contribution is 0.0598. The van der Waals surface area contributed by atoms with E-state index in [0.29, 0.717) is 29.6 Å². The predicted octanol–water partition coefficient (Wildman–Crippen LogP) is 2.79. The van der Waals surface area contributed by atoms with Gasteiger partial charge in [0.1, 0.15) is 0 Å². The highest BCUT2D eigenvalue weighted by Crippen LogP contribution is 2.26. The minimum Gasteiger partial charge on any atom is -0.334 e. The molecule has 1 aliphatic rings. The molecule has 0 aromatic heterocycles. The molecule has 1 aromatic rings. The van der Waals surface area contributed by atoms with Crippen LogP contribution in [0.2, 0.25) is 0 Å². The number of hydrogen-bond donors (Lipinski definition) is 0. The van der Waals surface area contributed by atoms with Crippen LogP contribution in [0.5, 0.6) is 0 Å². The number of alkyl halides is 1. The number of rotatable bonds is 4. The largest absolute Gasteiger partial charge is 0.334 e. The molecule has 1 saturated carbocycles. The van der Waals surface area contributed by atoms with Gasteiger partial charge in [0.15, 0.2) is 0 Å². The van der Waals surface area contributed by atoms with E-state index >= 15 is 0 Å². The van der Waals surface area contributed by atoms with E-state index in [0.717, 1.165) is 12.8 Å². The average molecular weight is 263 g/mol. The van der Waals surface area contributed by atoms with Gasteiger partial charge in [-0.2, -0.15) is 5.26 Å². The van der Waals surface area contributed by atoms with Gasteiger partial charge in [-0.1, -0.05) is 0 Å². The van der Waals surface area contributed by atoms with Gasteiger partial charge in [-0.05, 0) is 43.5 Å². The summed E-state index contributed by atoms with van der Waals surface area (Å²) in [6, 6.07) is 9.15. The number of carbonyl (C=O) groups excluding carboxylic acids is 1. The first kappa shape index (κ1) is 12.9. The summed E-state index contributed by atoms with van der Waals surface area (Å²) in [5.41, 5.74) is 1.20. The molecule has 1 amide bonds. The van der Waals surface area contributed by atoms with Crippen molar-refractivity contribution in [2.75, 3.05) is 12.4 Å². The molecule has 0 atom stereocenters. The Hall–Kier alpha value is -1.53. The SMILES string of the molecule is N#Cc1ccc(C(=O)N(CCCl)C2CCC2)cc1. The molecule has 0 saturated heterocycles. The number of amides is 1. The third kappa shape index (κ3) is 2.65. The zero-order chi connectivity index (χ0) is 13.0. The van der Waals surface area contributed by atoms with Crippen LogP contribution in [-0.2, 0) is 0 Å². The van der Waals surface area contributed by atoms with Crippen LogP contribution in [0.1, 0.15) is 35.2 Å². The molecule has 0 spiro atoms. The minimum absolute atomic E-state index is 0.0184. The number of carbonyl (C=O) groups is 1. The summed E-state index contributed by atoms with van der Waals surface area (Å²) in [4.78, 5) is 14.2. The molecule has 1 aliphatic carbocycles. The fourth-order valence-corrected chi connectivity index (χ4v) is 2.27. The summed E-state index contributed by atoms with van der Waals surface area (Å²) in [7, 11) is 0. The minimum atomic E-state index is 0.0184. The number of hydrogen-bond acceptors (Lipinski definition) is 2. The number of halogens is 1. The lowest BCUT2D eigenvalue weighted by atomic mass is 9.91. The molecule has 94 valence electrons. The summed E-state index contributed by atoms with van der Waals surface area (Å²) >= 11 is 5.76. The van der Waals surface area contributed by atoms with Gasteiger partial charge >= 0.3 is 0 Å². The fraction of sp³-hybridized carbons (Fsp3) is 0.429. The predicted molar refractivity (Wildman–Crippen MR) is 70.6 cm³/mol. The van der Waals surface area contributed by atoms with Crippen LogP contribution in [0.25, 0.3) is 0 Å². The van der Waals surface area contributed by atoms with Gasteiger partial charge in [0, 0.05) is 24.0 Å². The van der Waals surface area contributed by atoms with Crippen molar-refractivity contribution >= 4 is 17.5 Å². The Morgan fingerprint density at radius 1 is 1.39 bits per heavy atom. The van der Waals surface area contributed by atoms with Crippen molar-refractivity contribution in [2.24, 2.45) is 0 Å². The summed E-state index contributed by atoms with van der Waals surface area (Å²) < 4.78 is 0. The molecule has 2 rings (SSSR count). The second kappa shape index (κ2) is 5.88. The highest BCUT2D eigenvalue weighted by Gasteiger charge is 2.28. The third-order valence-electron chi connectivity index (χ3n) is 3.36. The summed E-state index contributed by atoms with van der Waals surface area (Å²) in [6.45, 7) is 0.588. The molecule has 18 heavy (non-hydrogen) atoms. The summed E-state index contributed by atoms with van der Waals surface area (Å²) in [6.07, 6.45) is 3.32. The van der Waals surface area contributed by atoms with Crippen molar-refractivity contribution in [1.82, 2.24) is 4.90 Å². The molecule has 0 N–H and O–H groups in total. The van der Waals surface area contributed by atoms with Crippen molar-refractivity contribution in [3.8, 4) is 6.07 Å². The van der Waals surface area contributed by atoms with Gasteiger partial charge in [0.25, 0.3) is 5.91 Å². The Balaban J connectivity index is 2.13. The molecule has 0 bridgehead atoms. The van der Waals surface area contributed by atoms with E-state index in [1.54, 1.807) is 24.3 Å². The lowest BCUT2D eigenvalue weighted by Gasteiger charge is -2.37. The topological polar surface area (TPSA) is 44.1 Å². The van der Waals surface area contributed by atoms with Crippen LogP contribution >= 0.6 is 11.6 Å². The molecule has 4 heteroatoms. The number of benzene rings is 1. The number of nitrogens with zero attached hydrogens (tertiary/aromatic N) is 2. The lowest BCUT2D eigenvalue weighted by Crippen LogP contribution is -2.45. The maximum absolute atomic E-state index is 12.4. The fourth-order valence-electron chi connectivity index (χ4n) is 2.09. The highest BCUT2D eigenvalue weighted by molar-refractivity contribution is 6.18. The molecule has 1 aromatic carbocycles. The standard InChI is InChI=1S/C14H15ClN2O/c15-8-9-17(13-2-1-3-13)14(18)12-6-4-11(10-16)5-7-12/h4-7,13H,1-3,8-9H2. The van der Waals surface area contributed by atoms with E-state index in [-0.39, 0.29) is 5.91 Å². The van der Waals surface area contributed by atoms with Crippen LogP contribution in [-0.4, -0.2) is 29.3 Å². The van der Waals surface area contributed by atoms with Crippen molar-refractivity contribution in [3.63, 3.8) is 0 Å². The van der Waals surface area contributed by atoms with Crippen LogP contribution in [0.3, 0.4) is 0 Å². The molecule has 0 heterocycles. The van der Waals surface area contributed by atoms with Gasteiger partial charge < -0.3 is 4.90 Å². The van der Waals surface area contributed by atoms with Crippen LogP contribution in [0.15, 0.2) is 24.3 Å². The third-order valence-corrected chi connectivity index (χ3v) is 3.53. The molecule has 0 radical (unpaired) electrons. The van der Waals surface area contributed by atoms with E-state index in [4.69, 9.17) is 16.9 Å². The normalized spacial score (nSPS) is 14.7. The highest BCUT2D eigenvalue weighted by atomic mass is 35.5. The van der Waals surface area contributed by atoms with E-state index < -0.39 is 0 Å². The molecular formula is C14H15ClN2O. The molecule has 0 unspecified atom stereocenters.